The zero-order valence-corrected chi connectivity index (χ0v) is 13.9. The van der Waals surface area contributed by atoms with Gasteiger partial charge in [0, 0.05) is 51.1 Å². The first-order chi connectivity index (χ1) is 11.4. The summed E-state index contributed by atoms with van der Waals surface area (Å²) in [4.78, 5) is 46.9. The van der Waals surface area contributed by atoms with Crippen molar-refractivity contribution < 1.29 is 4.79 Å². The maximum atomic E-state index is 12.7. The molecule has 3 heterocycles. The van der Waals surface area contributed by atoms with Crippen molar-refractivity contribution in [3.05, 3.63) is 56.4 Å². The van der Waals surface area contributed by atoms with Gasteiger partial charge < -0.3 is 4.90 Å². The molecule has 1 aliphatic heterocycles. The Morgan fingerprint density at radius 1 is 1.25 bits per heavy atom. The number of aryl methyl sites for hydroxylation is 1. The van der Waals surface area contributed by atoms with Crippen LogP contribution in [-0.4, -0.2) is 43.0 Å². The maximum Gasteiger partial charge on any atom is 0.331 e. The Bertz CT molecular complexity index is 915. The van der Waals surface area contributed by atoms with Gasteiger partial charge in [-0.15, -0.1) is 0 Å². The number of likely N-dealkylation sites (tertiary alicyclic amines) is 1. The molecule has 24 heavy (non-hydrogen) atoms. The fourth-order valence-corrected chi connectivity index (χ4v) is 2.92. The summed E-state index contributed by atoms with van der Waals surface area (Å²) in [7, 11) is 2.88. The van der Waals surface area contributed by atoms with Crippen molar-refractivity contribution in [2.24, 2.45) is 14.1 Å². The van der Waals surface area contributed by atoms with E-state index in [1.807, 2.05) is 13.0 Å². The first-order valence-electron chi connectivity index (χ1n) is 7.74. The van der Waals surface area contributed by atoms with Gasteiger partial charge in [0.15, 0.2) is 0 Å². The van der Waals surface area contributed by atoms with Crippen LogP contribution in [0.4, 0.5) is 0 Å². The van der Waals surface area contributed by atoms with Gasteiger partial charge in [-0.1, -0.05) is 0 Å². The van der Waals surface area contributed by atoms with Gasteiger partial charge in [-0.25, -0.2) is 14.8 Å². The molecule has 0 N–H and O–H groups in total. The lowest BCUT2D eigenvalue weighted by Crippen LogP contribution is -2.42. The quantitative estimate of drug-likeness (QED) is 0.762. The second-order valence-electron chi connectivity index (χ2n) is 6.06. The summed E-state index contributed by atoms with van der Waals surface area (Å²) in [6.45, 7) is 2.93. The number of carbonyl (C=O) groups is 1. The van der Waals surface area contributed by atoms with Crippen molar-refractivity contribution in [3.63, 3.8) is 0 Å². The highest BCUT2D eigenvalue weighted by Crippen LogP contribution is 2.25. The van der Waals surface area contributed by atoms with E-state index in [1.165, 1.54) is 24.7 Å². The number of amides is 1. The molecule has 2 aromatic heterocycles. The number of carbonyl (C=O) groups excluding carboxylic acids is 1. The summed E-state index contributed by atoms with van der Waals surface area (Å²) < 4.78 is 2.18. The Morgan fingerprint density at radius 2 is 2.00 bits per heavy atom. The Hall–Kier alpha value is -2.77. The van der Waals surface area contributed by atoms with Crippen molar-refractivity contribution in [3.8, 4) is 0 Å². The molecule has 8 nitrogen and oxygen atoms in total. The SMILES string of the molecule is Cc1ccnc([C@@H]2CCN(C(=O)c3cc(=O)n(C)c(=O)n3C)C2)n1. The van der Waals surface area contributed by atoms with Crippen molar-refractivity contribution in [1.29, 1.82) is 0 Å². The van der Waals surface area contributed by atoms with Crippen LogP contribution in [0.1, 0.15) is 34.3 Å². The molecular weight excluding hydrogens is 310 g/mol. The van der Waals surface area contributed by atoms with Gasteiger partial charge in [-0.2, -0.15) is 0 Å². The smallest absolute Gasteiger partial charge is 0.331 e. The maximum absolute atomic E-state index is 12.7. The number of rotatable bonds is 2. The Morgan fingerprint density at radius 3 is 2.71 bits per heavy atom. The Balaban J connectivity index is 1.85. The van der Waals surface area contributed by atoms with Crippen molar-refractivity contribution in [1.82, 2.24) is 24.0 Å². The van der Waals surface area contributed by atoms with Crippen molar-refractivity contribution >= 4 is 5.91 Å². The van der Waals surface area contributed by atoms with Crippen LogP contribution in [0.3, 0.4) is 0 Å². The molecule has 0 unspecified atom stereocenters. The molecule has 3 rings (SSSR count). The largest absolute Gasteiger partial charge is 0.337 e. The van der Waals surface area contributed by atoms with Crippen molar-refractivity contribution in [2.75, 3.05) is 13.1 Å². The van der Waals surface area contributed by atoms with Gasteiger partial charge in [-0.05, 0) is 19.4 Å². The lowest BCUT2D eigenvalue weighted by molar-refractivity contribution is 0.0778. The molecular formula is C16H19N5O3. The molecule has 0 aromatic carbocycles. The highest BCUT2D eigenvalue weighted by atomic mass is 16.2. The normalized spacial score (nSPS) is 17.3. The van der Waals surface area contributed by atoms with E-state index in [2.05, 4.69) is 9.97 Å². The minimum atomic E-state index is -0.511. The third kappa shape index (κ3) is 2.75. The molecule has 0 bridgehead atoms. The Kier molecular flexibility index (Phi) is 4.04. The van der Waals surface area contributed by atoms with Crippen LogP contribution in [0.25, 0.3) is 0 Å². The number of hydrogen-bond acceptors (Lipinski definition) is 5. The number of aromatic nitrogens is 4. The molecule has 0 radical (unpaired) electrons. The third-order valence-corrected chi connectivity index (χ3v) is 4.40. The van der Waals surface area contributed by atoms with Gasteiger partial charge in [0.05, 0.1) is 0 Å². The van der Waals surface area contributed by atoms with E-state index in [0.717, 1.165) is 22.5 Å². The highest BCUT2D eigenvalue weighted by molar-refractivity contribution is 5.92. The van der Waals surface area contributed by atoms with E-state index in [4.69, 9.17) is 0 Å². The van der Waals surface area contributed by atoms with Crippen LogP contribution in [-0.2, 0) is 14.1 Å². The first kappa shape index (κ1) is 16.1. The average molecular weight is 329 g/mol. The molecule has 126 valence electrons. The fourth-order valence-electron chi connectivity index (χ4n) is 2.92. The average Bonchev–Trinajstić information content (AvgIpc) is 3.05. The van der Waals surface area contributed by atoms with Gasteiger partial charge in [0.1, 0.15) is 11.5 Å². The summed E-state index contributed by atoms with van der Waals surface area (Å²) in [5.74, 6) is 0.475. The molecule has 1 fully saturated rings. The van der Waals surface area contributed by atoms with Gasteiger partial charge in [0.2, 0.25) is 0 Å². The van der Waals surface area contributed by atoms with Crippen LogP contribution in [0.5, 0.6) is 0 Å². The Labute approximate surface area is 138 Å². The molecule has 8 heteroatoms. The lowest BCUT2D eigenvalue weighted by atomic mass is 10.1. The standard InChI is InChI=1S/C16H19N5O3/c1-10-4-6-17-14(18-10)11-5-7-21(9-11)15(23)12-8-13(22)20(3)16(24)19(12)2/h4,6,8,11H,5,7,9H2,1-3H3/t11-/m1/s1. The summed E-state index contributed by atoms with van der Waals surface area (Å²) in [5, 5.41) is 0. The van der Waals surface area contributed by atoms with Crippen molar-refractivity contribution in [2.45, 2.75) is 19.3 Å². The zero-order valence-electron chi connectivity index (χ0n) is 13.9. The zero-order chi connectivity index (χ0) is 17.4. The molecule has 1 atom stereocenters. The predicted octanol–water partition coefficient (Wildman–Crippen LogP) is -0.188. The van der Waals surface area contributed by atoms with E-state index in [1.54, 1.807) is 11.1 Å². The second-order valence-corrected chi connectivity index (χ2v) is 6.06. The van der Waals surface area contributed by atoms with E-state index in [-0.39, 0.29) is 17.5 Å². The molecule has 1 aliphatic rings. The number of nitrogens with zero attached hydrogens (tertiary/aromatic N) is 5. The van der Waals surface area contributed by atoms with Crippen LogP contribution in [0.15, 0.2) is 27.9 Å². The second kappa shape index (κ2) is 6.03. The summed E-state index contributed by atoms with van der Waals surface area (Å²) in [6.07, 6.45) is 2.47. The third-order valence-electron chi connectivity index (χ3n) is 4.40. The topological polar surface area (TPSA) is 90.1 Å². The summed E-state index contributed by atoms with van der Waals surface area (Å²) >= 11 is 0. The van der Waals surface area contributed by atoms with E-state index < -0.39 is 11.2 Å². The van der Waals surface area contributed by atoms with Crippen LogP contribution >= 0.6 is 0 Å². The highest BCUT2D eigenvalue weighted by Gasteiger charge is 2.31. The van der Waals surface area contributed by atoms with E-state index >= 15 is 0 Å². The summed E-state index contributed by atoms with van der Waals surface area (Å²) in [5.41, 5.74) is -0.00420. The predicted molar refractivity (Wildman–Crippen MR) is 87.0 cm³/mol. The minimum absolute atomic E-state index is 0.0671. The molecule has 0 aliphatic carbocycles. The monoisotopic (exact) mass is 329 g/mol. The van der Waals surface area contributed by atoms with Gasteiger partial charge in [-0.3, -0.25) is 18.7 Å². The fraction of sp³-hybridized carbons (Fsp3) is 0.438. The molecule has 1 saturated heterocycles. The van der Waals surface area contributed by atoms with Crippen LogP contribution in [0, 0.1) is 6.92 Å². The van der Waals surface area contributed by atoms with Crippen LogP contribution in [0.2, 0.25) is 0 Å². The first-order valence-corrected chi connectivity index (χ1v) is 7.74. The molecule has 2 aromatic rings. The number of hydrogen-bond donors (Lipinski definition) is 0. The molecule has 0 spiro atoms. The molecule has 1 amide bonds. The van der Waals surface area contributed by atoms with Gasteiger partial charge in [0.25, 0.3) is 11.5 Å². The lowest BCUT2D eigenvalue weighted by Gasteiger charge is -2.18. The van der Waals surface area contributed by atoms with Crippen LogP contribution < -0.4 is 11.2 Å². The van der Waals surface area contributed by atoms with Gasteiger partial charge >= 0.3 is 5.69 Å². The van der Waals surface area contributed by atoms with E-state index in [9.17, 15) is 14.4 Å². The van der Waals surface area contributed by atoms with E-state index in [0.29, 0.717) is 13.1 Å². The molecule has 0 saturated carbocycles. The summed E-state index contributed by atoms with van der Waals surface area (Å²) in [6, 6.07) is 3.04. The minimum Gasteiger partial charge on any atom is -0.337 e.